The Morgan fingerprint density at radius 1 is 0.943 bits per heavy atom. The molecule has 3 aliphatic heterocycles. The van der Waals surface area contributed by atoms with Crippen molar-refractivity contribution in [3.63, 3.8) is 0 Å². The van der Waals surface area contributed by atoms with Gasteiger partial charge in [-0.2, -0.15) is 4.31 Å². The highest BCUT2D eigenvalue weighted by Crippen LogP contribution is 2.32. The first-order chi connectivity index (χ1) is 16.9. The van der Waals surface area contributed by atoms with Gasteiger partial charge in [-0.25, -0.2) is 8.42 Å². The molecule has 1 saturated heterocycles. The molecule has 2 aromatic rings. The summed E-state index contributed by atoms with van der Waals surface area (Å²) in [4.78, 5) is 26.4. The van der Waals surface area contributed by atoms with Crippen LogP contribution in [-0.2, 0) is 32.5 Å². The van der Waals surface area contributed by atoms with Gasteiger partial charge in [0.1, 0.15) is 5.75 Å². The predicted molar refractivity (Wildman–Crippen MR) is 133 cm³/mol. The highest BCUT2D eigenvalue weighted by molar-refractivity contribution is 7.89. The average Bonchev–Trinajstić information content (AvgIpc) is 3.30. The van der Waals surface area contributed by atoms with Crippen LogP contribution in [0.1, 0.15) is 49.7 Å². The lowest BCUT2D eigenvalue weighted by atomic mass is 10.0. The van der Waals surface area contributed by atoms with E-state index < -0.39 is 10.0 Å². The minimum absolute atomic E-state index is 0.0205. The van der Waals surface area contributed by atoms with E-state index >= 15 is 0 Å². The number of nitrogens with one attached hydrogen (secondary N) is 1. The molecule has 2 aromatic carbocycles. The van der Waals surface area contributed by atoms with Gasteiger partial charge in [-0.3, -0.25) is 9.59 Å². The van der Waals surface area contributed by atoms with Gasteiger partial charge in [0.25, 0.3) is 0 Å². The summed E-state index contributed by atoms with van der Waals surface area (Å²) in [5, 5.41) is 2.86. The van der Waals surface area contributed by atoms with E-state index in [1.54, 1.807) is 27.4 Å². The third-order valence-corrected chi connectivity index (χ3v) is 8.87. The van der Waals surface area contributed by atoms with Crippen molar-refractivity contribution >= 4 is 33.2 Å². The first-order valence-corrected chi connectivity index (χ1v) is 13.8. The van der Waals surface area contributed by atoms with E-state index in [0.29, 0.717) is 63.2 Å². The molecule has 9 heteroatoms. The number of fused-ring (bicyclic) bond motifs is 2. The molecule has 35 heavy (non-hydrogen) atoms. The van der Waals surface area contributed by atoms with Crippen molar-refractivity contribution in [1.82, 2.24) is 4.31 Å². The molecule has 3 aliphatic rings. The number of nitrogens with zero attached hydrogens (tertiary/aromatic N) is 2. The van der Waals surface area contributed by atoms with Gasteiger partial charge in [-0.05, 0) is 79.6 Å². The fourth-order valence-corrected chi connectivity index (χ4v) is 6.62. The standard InChI is InChI=1S/C26H31N3O5S/c30-25-11-6-19-17-21(7-9-23(19)27-25)34-16-4-5-26(31)29-15-12-20-18-22(8-10-24(20)29)35(32,33)28-13-2-1-3-14-28/h7-10,17-18H,1-6,11-16H2,(H,27,30). The third kappa shape index (κ3) is 5.06. The first kappa shape index (κ1) is 23.8. The van der Waals surface area contributed by atoms with Gasteiger partial charge in [0.05, 0.1) is 11.5 Å². The maximum Gasteiger partial charge on any atom is 0.243 e. The summed E-state index contributed by atoms with van der Waals surface area (Å²) in [5.74, 6) is 0.793. The Balaban J connectivity index is 1.15. The summed E-state index contributed by atoms with van der Waals surface area (Å²) < 4.78 is 33.4. The third-order valence-electron chi connectivity index (χ3n) is 6.98. The van der Waals surface area contributed by atoms with Crippen LogP contribution in [0.2, 0.25) is 0 Å². The Hall–Kier alpha value is -2.91. The number of aryl methyl sites for hydroxylation is 1. The second-order valence-corrected chi connectivity index (χ2v) is 11.3. The van der Waals surface area contributed by atoms with Crippen LogP contribution in [-0.4, -0.2) is 50.8 Å². The van der Waals surface area contributed by atoms with Gasteiger partial charge in [0.2, 0.25) is 21.8 Å². The molecular weight excluding hydrogens is 466 g/mol. The van der Waals surface area contributed by atoms with E-state index in [1.807, 2.05) is 18.2 Å². The van der Waals surface area contributed by atoms with Crippen molar-refractivity contribution in [2.24, 2.45) is 0 Å². The summed E-state index contributed by atoms with van der Waals surface area (Å²) in [6, 6.07) is 10.8. The summed E-state index contributed by atoms with van der Waals surface area (Å²) >= 11 is 0. The van der Waals surface area contributed by atoms with Crippen molar-refractivity contribution in [3.05, 3.63) is 47.5 Å². The number of piperidine rings is 1. The molecule has 0 saturated carbocycles. The molecule has 186 valence electrons. The molecule has 3 heterocycles. The number of benzene rings is 2. The molecule has 1 N–H and O–H groups in total. The predicted octanol–water partition coefficient (Wildman–Crippen LogP) is 3.49. The summed E-state index contributed by atoms with van der Waals surface area (Å²) in [5.41, 5.74) is 3.62. The molecular formula is C26H31N3O5S. The monoisotopic (exact) mass is 497 g/mol. The lowest BCUT2D eigenvalue weighted by Crippen LogP contribution is -2.35. The van der Waals surface area contributed by atoms with Crippen molar-refractivity contribution in [1.29, 1.82) is 0 Å². The number of hydrogen-bond acceptors (Lipinski definition) is 5. The van der Waals surface area contributed by atoms with Crippen LogP contribution >= 0.6 is 0 Å². The zero-order chi connectivity index (χ0) is 24.4. The Morgan fingerprint density at radius 3 is 2.60 bits per heavy atom. The molecule has 0 radical (unpaired) electrons. The molecule has 0 spiro atoms. The maximum atomic E-state index is 13.0. The van der Waals surface area contributed by atoms with Crippen LogP contribution in [0, 0.1) is 0 Å². The van der Waals surface area contributed by atoms with Crippen LogP contribution in [0.5, 0.6) is 5.75 Å². The van der Waals surface area contributed by atoms with E-state index in [9.17, 15) is 18.0 Å². The molecule has 8 nitrogen and oxygen atoms in total. The number of carbonyl (C=O) groups is 2. The summed E-state index contributed by atoms with van der Waals surface area (Å²) in [6.07, 6.45) is 5.66. The quantitative estimate of drug-likeness (QED) is 0.591. The largest absolute Gasteiger partial charge is 0.494 e. The second kappa shape index (κ2) is 9.99. The number of sulfonamides is 1. The first-order valence-electron chi connectivity index (χ1n) is 12.4. The summed E-state index contributed by atoms with van der Waals surface area (Å²) in [7, 11) is -3.48. The zero-order valence-electron chi connectivity index (χ0n) is 19.8. The van der Waals surface area contributed by atoms with E-state index in [1.165, 1.54) is 0 Å². The van der Waals surface area contributed by atoms with Crippen LogP contribution in [0.25, 0.3) is 0 Å². The zero-order valence-corrected chi connectivity index (χ0v) is 20.6. The van der Waals surface area contributed by atoms with Crippen LogP contribution < -0.4 is 15.0 Å². The average molecular weight is 498 g/mol. The highest BCUT2D eigenvalue weighted by Gasteiger charge is 2.30. The Bertz CT molecular complexity index is 1240. The molecule has 0 bridgehead atoms. The highest BCUT2D eigenvalue weighted by atomic mass is 32.2. The molecule has 1 fully saturated rings. The number of carbonyl (C=O) groups excluding carboxylic acids is 2. The molecule has 5 rings (SSSR count). The second-order valence-electron chi connectivity index (χ2n) is 9.37. The SMILES string of the molecule is O=C1CCc2cc(OCCCC(=O)N3CCc4cc(S(=O)(=O)N5CCCCC5)ccc43)ccc2N1. The minimum atomic E-state index is -3.48. The Labute approximate surface area is 206 Å². The lowest BCUT2D eigenvalue weighted by Gasteiger charge is -2.26. The van der Waals surface area contributed by atoms with E-state index in [0.717, 1.165) is 47.5 Å². The molecule has 0 aromatic heterocycles. The molecule has 0 unspecified atom stereocenters. The molecule has 2 amide bonds. The van der Waals surface area contributed by atoms with Gasteiger partial charge >= 0.3 is 0 Å². The van der Waals surface area contributed by atoms with Crippen molar-refractivity contribution in [3.8, 4) is 5.75 Å². The maximum absolute atomic E-state index is 13.0. The Kier molecular flexibility index (Phi) is 6.80. The van der Waals surface area contributed by atoms with Gasteiger partial charge < -0.3 is 15.0 Å². The minimum Gasteiger partial charge on any atom is -0.494 e. The molecule has 0 atom stereocenters. The number of anilines is 2. The van der Waals surface area contributed by atoms with Gasteiger partial charge in [-0.15, -0.1) is 0 Å². The van der Waals surface area contributed by atoms with Crippen LogP contribution in [0.3, 0.4) is 0 Å². The lowest BCUT2D eigenvalue weighted by molar-refractivity contribution is -0.119. The van der Waals surface area contributed by atoms with Crippen molar-refractivity contribution in [2.75, 3.05) is 36.5 Å². The summed E-state index contributed by atoms with van der Waals surface area (Å²) in [6.45, 7) is 2.14. The van der Waals surface area contributed by atoms with Crippen LogP contribution in [0.15, 0.2) is 41.3 Å². The topological polar surface area (TPSA) is 96.0 Å². The fraction of sp³-hybridized carbons (Fsp3) is 0.462. The fourth-order valence-electron chi connectivity index (χ4n) is 5.05. The van der Waals surface area contributed by atoms with Crippen molar-refractivity contribution < 1.29 is 22.7 Å². The van der Waals surface area contributed by atoms with Crippen LogP contribution in [0.4, 0.5) is 11.4 Å². The van der Waals surface area contributed by atoms with Crippen molar-refractivity contribution in [2.45, 2.75) is 56.3 Å². The number of rotatable bonds is 7. The van der Waals surface area contributed by atoms with E-state index in [-0.39, 0.29) is 11.8 Å². The number of amides is 2. The number of hydrogen-bond donors (Lipinski definition) is 1. The van der Waals surface area contributed by atoms with Gasteiger partial charge in [-0.1, -0.05) is 6.42 Å². The van der Waals surface area contributed by atoms with E-state index in [4.69, 9.17) is 4.74 Å². The van der Waals surface area contributed by atoms with Gasteiger partial charge in [0, 0.05) is 43.9 Å². The van der Waals surface area contributed by atoms with Gasteiger partial charge in [0.15, 0.2) is 0 Å². The number of ether oxygens (including phenoxy) is 1. The van der Waals surface area contributed by atoms with E-state index in [2.05, 4.69) is 5.32 Å². The molecule has 0 aliphatic carbocycles. The Morgan fingerprint density at radius 2 is 1.77 bits per heavy atom. The normalized spacial score (nSPS) is 18.1. The smallest absolute Gasteiger partial charge is 0.243 e.